The molecule has 1 N–H and O–H groups in total. The zero-order chi connectivity index (χ0) is 7.61. The molecule has 1 aliphatic heterocycles. The van der Waals surface area contributed by atoms with E-state index in [4.69, 9.17) is 0 Å². The Kier molecular flexibility index (Phi) is 11.0. The predicted octanol–water partition coefficient (Wildman–Crippen LogP) is -7.22. The molecule has 0 unspecified atom stereocenters. The molecular weight excluding hydrogens is 215 g/mol. The molecule has 1 atom stereocenters. The second-order valence-corrected chi connectivity index (χ2v) is 5.84. The Bertz CT molecular complexity index is 160. The first kappa shape index (κ1) is 16.9. The van der Waals surface area contributed by atoms with Gasteiger partial charge in [-0.05, 0) is 25.5 Å². The first-order valence-electron chi connectivity index (χ1n) is 3.32. The maximum atomic E-state index is 10.6. The van der Waals surface area contributed by atoms with Crippen molar-refractivity contribution in [2.24, 2.45) is 0 Å². The van der Waals surface area contributed by atoms with Crippen LogP contribution in [-0.4, -0.2) is 18.7 Å². The quantitative estimate of drug-likeness (QED) is 0.375. The van der Waals surface area contributed by atoms with Crippen LogP contribution in [0.5, 0.6) is 0 Å². The van der Waals surface area contributed by atoms with E-state index in [0.717, 1.165) is 19.4 Å². The molecule has 0 radical (unpaired) electrons. The third kappa shape index (κ3) is 7.89. The topological polar surface area (TPSA) is 58.1 Å². The minimum Gasteiger partial charge on any atom is -0.832 e. The predicted molar refractivity (Wildman–Crippen MR) is 40.2 cm³/mol. The van der Waals surface area contributed by atoms with E-state index in [-0.39, 0.29) is 71.3 Å². The Morgan fingerprint density at radius 2 is 2.00 bits per heavy atom. The second kappa shape index (κ2) is 7.77. The maximum Gasteiger partial charge on any atom is 1.00 e. The first-order valence-corrected chi connectivity index (χ1v) is 6.15. The van der Waals surface area contributed by atoms with Crippen LogP contribution in [0.3, 0.4) is 0 Å². The molecule has 0 aliphatic carbocycles. The van der Waals surface area contributed by atoms with E-state index in [9.17, 15) is 9.79 Å². The van der Waals surface area contributed by atoms with Gasteiger partial charge in [0, 0.05) is 6.04 Å². The van der Waals surface area contributed by atoms with E-state index in [0.29, 0.717) is 0 Å². The molecule has 0 spiro atoms. The minimum absolute atomic E-state index is 0. The van der Waals surface area contributed by atoms with Crippen LogP contribution in [-0.2, 0) is 11.8 Å². The third-order valence-corrected chi connectivity index (χ3v) is 2.94. The van der Waals surface area contributed by atoms with Gasteiger partial charge < -0.3 is 15.1 Å². The standard InChI is InChI=1S/C5H12NO2PS.2Na/c7-9(8,10)4-5-2-1-3-6-5;;/h5-6H,1-4H2,(H2,7,8,10);;/q;2*+1/p-2/t5-;;/m0../s1. The Balaban J connectivity index is 0. The van der Waals surface area contributed by atoms with E-state index in [1.54, 1.807) is 0 Å². The molecule has 60 valence electrons. The van der Waals surface area contributed by atoms with Crippen LogP contribution in [0, 0.1) is 0 Å². The van der Waals surface area contributed by atoms with Gasteiger partial charge in [-0.1, -0.05) is 0 Å². The molecule has 0 aromatic rings. The van der Waals surface area contributed by atoms with Gasteiger partial charge in [-0.2, -0.15) is 0 Å². The van der Waals surface area contributed by atoms with Crippen molar-refractivity contribution in [1.29, 1.82) is 0 Å². The van der Waals surface area contributed by atoms with Crippen LogP contribution in [0.4, 0.5) is 0 Å². The largest absolute Gasteiger partial charge is 1.00 e. The number of hydrogen-bond acceptors (Lipinski definition) is 4. The van der Waals surface area contributed by atoms with E-state index in [1.807, 2.05) is 0 Å². The van der Waals surface area contributed by atoms with Crippen LogP contribution in [0.2, 0.25) is 0 Å². The van der Waals surface area contributed by atoms with Crippen molar-refractivity contribution < 1.29 is 68.9 Å². The number of rotatable bonds is 2. The van der Waals surface area contributed by atoms with Crippen molar-refractivity contribution in [3.8, 4) is 0 Å². The van der Waals surface area contributed by atoms with Crippen LogP contribution in [0.25, 0.3) is 0 Å². The number of hydrogen-bond donors (Lipinski definition) is 1. The summed E-state index contributed by atoms with van der Waals surface area (Å²) >= 11 is 4.28. The van der Waals surface area contributed by atoms with Gasteiger partial charge in [0.25, 0.3) is 0 Å². The molecule has 1 rings (SSSR count). The summed E-state index contributed by atoms with van der Waals surface area (Å²) < 4.78 is 0. The molecule has 1 aliphatic rings. The molecule has 12 heavy (non-hydrogen) atoms. The maximum absolute atomic E-state index is 10.6. The molecule has 0 amide bonds. The summed E-state index contributed by atoms with van der Waals surface area (Å²) in [5, 5.41) is 3.07. The first-order chi connectivity index (χ1) is 4.58. The fourth-order valence-corrected chi connectivity index (χ4v) is 2.57. The van der Waals surface area contributed by atoms with E-state index in [1.165, 1.54) is 0 Å². The molecule has 0 aromatic heterocycles. The van der Waals surface area contributed by atoms with E-state index < -0.39 is 6.49 Å². The van der Waals surface area contributed by atoms with Crippen molar-refractivity contribution in [3.63, 3.8) is 0 Å². The summed E-state index contributed by atoms with van der Waals surface area (Å²) in [6.45, 7) is -2.51. The fourth-order valence-electron chi connectivity index (χ4n) is 1.18. The molecule has 1 fully saturated rings. The van der Waals surface area contributed by atoms with Gasteiger partial charge in [0.2, 0.25) is 0 Å². The Morgan fingerprint density at radius 3 is 2.33 bits per heavy atom. The van der Waals surface area contributed by atoms with Gasteiger partial charge in [0.05, 0.1) is 0 Å². The normalized spacial score (nSPS) is 22.7. The third-order valence-electron chi connectivity index (χ3n) is 1.61. The second-order valence-electron chi connectivity index (χ2n) is 2.59. The van der Waals surface area contributed by atoms with Crippen LogP contribution < -0.4 is 74.2 Å². The van der Waals surface area contributed by atoms with Gasteiger partial charge in [-0.3, -0.25) is 0 Å². The smallest absolute Gasteiger partial charge is 0.832 e. The molecular formula is C5H10NNa2O2PS. The van der Waals surface area contributed by atoms with Gasteiger partial charge >= 0.3 is 59.1 Å². The Labute approximate surface area is 122 Å². The van der Waals surface area contributed by atoms with Crippen molar-refractivity contribution in [2.45, 2.75) is 18.9 Å². The molecule has 3 nitrogen and oxygen atoms in total. The van der Waals surface area contributed by atoms with Gasteiger partial charge in [0.1, 0.15) is 0 Å². The molecule has 0 bridgehead atoms. The summed E-state index contributed by atoms with van der Waals surface area (Å²) in [5.41, 5.74) is 0. The fraction of sp³-hybridized carbons (Fsp3) is 1.00. The summed E-state index contributed by atoms with van der Waals surface area (Å²) in [6, 6.07) is 0.126. The summed E-state index contributed by atoms with van der Waals surface area (Å²) in [5.74, 6) is 0. The van der Waals surface area contributed by atoms with Crippen LogP contribution in [0.15, 0.2) is 0 Å². The summed E-state index contributed by atoms with van der Waals surface area (Å²) in [6.07, 6.45) is 2.16. The minimum atomic E-state index is -3.44. The molecule has 0 saturated carbocycles. The van der Waals surface area contributed by atoms with E-state index >= 15 is 0 Å². The van der Waals surface area contributed by atoms with E-state index in [2.05, 4.69) is 17.1 Å². The Hall–Kier alpha value is 2.53. The zero-order valence-electron chi connectivity index (χ0n) is 7.58. The average molecular weight is 225 g/mol. The molecule has 7 heteroatoms. The van der Waals surface area contributed by atoms with Crippen molar-refractivity contribution in [2.75, 3.05) is 12.7 Å². The molecule has 0 aromatic carbocycles. The van der Waals surface area contributed by atoms with Crippen LogP contribution in [0.1, 0.15) is 12.8 Å². The SMILES string of the molecule is [Na+].[Na+].[O-]P([O-])(=S)C[C@@H]1CCCN1. The average Bonchev–Trinajstić information content (AvgIpc) is 2.12. The van der Waals surface area contributed by atoms with Crippen molar-refractivity contribution in [1.82, 2.24) is 5.32 Å². The molecule has 1 saturated heterocycles. The summed E-state index contributed by atoms with van der Waals surface area (Å²) in [4.78, 5) is 21.2. The number of nitrogens with one attached hydrogen (secondary N) is 1. The monoisotopic (exact) mass is 225 g/mol. The van der Waals surface area contributed by atoms with Crippen molar-refractivity contribution in [3.05, 3.63) is 0 Å². The van der Waals surface area contributed by atoms with Gasteiger partial charge in [-0.25, -0.2) is 6.49 Å². The summed E-state index contributed by atoms with van der Waals surface area (Å²) in [7, 11) is 0. The van der Waals surface area contributed by atoms with Gasteiger partial charge in [0.15, 0.2) is 0 Å². The molecule has 1 heterocycles. The van der Waals surface area contributed by atoms with Crippen LogP contribution >= 0.6 is 6.49 Å². The van der Waals surface area contributed by atoms with Gasteiger partial charge in [-0.15, -0.1) is 11.8 Å². The Morgan fingerprint density at radius 1 is 1.42 bits per heavy atom. The van der Waals surface area contributed by atoms with Crippen molar-refractivity contribution >= 4 is 18.3 Å². The zero-order valence-corrected chi connectivity index (χ0v) is 13.3.